The molecule has 0 saturated heterocycles. The Bertz CT molecular complexity index is 625. The lowest BCUT2D eigenvalue weighted by Gasteiger charge is -2.17. The van der Waals surface area contributed by atoms with E-state index in [9.17, 15) is 14.3 Å². The lowest BCUT2D eigenvalue weighted by Crippen LogP contribution is -2.30. The molecule has 0 fully saturated rings. The molecule has 1 atom stereocenters. The van der Waals surface area contributed by atoms with Crippen LogP contribution in [0.15, 0.2) is 30.5 Å². The maximum absolute atomic E-state index is 13.6. The number of aryl methyl sites for hydroxylation is 1. The molecule has 1 amide bonds. The van der Waals surface area contributed by atoms with Gasteiger partial charge in [-0.1, -0.05) is 6.92 Å². The predicted molar refractivity (Wildman–Crippen MR) is 71.8 cm³/mol. The van der Waals surface area contributed by atoms with E-state index in [1.807, 2.05) is 6.92 Å². The molecule has 0 aliphatic heterocycles. The second-order valence-corrected chi connectivity index (χ2v) is 4.48. The van der Waals surface area contributed by atoms with Crippen LogP contribution in [0.25, 0.3) is 0 Å². The second-order valence-electron chi connectivity index (χ2n) is 4.48. The number of carbonyl (C=O) groups is 1. The summed E-state index contributed by atoms with van der Waals surface area (Å²) < 4.78 is 15.3. The maximum Gasteiger partial charge on any atom is 0.254 e. The number of benzene rings is 1. The first-order chi connectivity index (χ1) is 9.52. The molecule has 2 rings (SSSR count). The Morgan fingerprint density at radius 1 is 1.50 bits per heavy atom. The van der Waals surface area contributed by atoms with Gasteiger partial charge in [0.2, 0.25) is 0 Å². The highest BCUT2D eigenvalue weighted by Crippen LogP contribution is 2.19. The van der Waals surface area contributed by atoms with E-state index in [2.05, 4.69) is 10.4 Å². The highest BCUT2D eigenvalue weighted by atomic mass is 19.1. The summed E-state index contributed by atoms with van der Waals surface area (Å²) in [5.74, 6) is -1.38. The van der Waals surface area contributed by atoms with Crippen LogP contribution in [-0.4, -0.2) is 20.8 Å². The molecule has 2 aromatic rings. The third-order valence-electron chi connectivity index (χ3n) is 3.12. The van der Waals surface area contributed by atoms with E-state index < -0.39 is 11.7 Å². The van der Waals surface area contributed by atoms with Crippen LogP contribution in [0, 0.1) is 5.82 Å². The molecule has 2 N–H and O–H groups in total. The van der Waals surface area contributed by atoms with Crippen LogP contribution in [-0.2, 0) is 7.05 Å². The van der Waals surface area contributed by atoms with Gasteiger partial charge in [-0.3, -0.25) is 9.48 Å². The SMILES string of the molecule is CCC(NC(=O)c1cc(O)ccc1F)c1ccnn1C. The van der Waals surface area contributed by atoms with Crippen molar-refractivity contribution in [1.29, 1.82) is 0 Å². The number of rotatable bonds is 4. The average molecular weight is 277 g/mol. The van der Waals surface area contributed by atoms with Crippen molar-refractivity contribution in [2.45, 2.75) is 19.4 Å². The van der Waals surface area contributed by atoms with Crippen LogP contribution < -0.4 is 5.32 Å². The predicted octanol–water partition coefficient (Wildman–Crippen LogP) is 2.15. The van der Waals surface area contributed by atoms with Gasteiger partial charge < -0.3 is 10.4 Å². The molecule has 6 heteroatoms. The zero-order valence-corrected chi connectivity index (χ0v) is 11.3. The van der Waals surface area contributed by atoms with Crippen molar-refractivity contribution in [1.82, 2.24) is 15.1 Å². The minimum atomic E-state index is -0.667. The second kappa shape index (κ2) is 5.73. The zero-order valence-electron chi connectivity index (χ0n) is 11.3. The lowest BCUT2D eigenvalue weighted by molar-refractivity contribution is 0.0929. The third-order valence-corrected chi connectivity index (χ3v) is 3.12. The Hall–Kier alpha value is -2.37. The Labute approximate surface area is 116 Å². The van der Waals surface area contributed by atoms with E-state index in [1.165, 1.54) is 6.07 Å². The van der Waals surface area contributed by atoms with Gasteiger partial charge >= 0.3 is 0 Å². The standard InChI is InChI=1S/C14H16FN3O2/c1-3-12(13-6-7-16-18(13)2)17-14(20)10-8-9(19)4-5-11(10)15/h4-8,12,19H,3H2,1-2H3,(H,17,20). The number of aromatic nitrogens is 2. The minimum absolute atomic E-state index is 0.148. The quantitative estimate of drug-likeness (QED) is 0.899. The van der Waals surface area contributed by atoms with Crippen LogP contribution in [0.3, 0.4) is 0 Å². The van der Waals surface area contributed by atoms with E-state index in [1.54, 1.807) is 24.0 Å². The molecule has 0 radical (unpaired) electrons. The van der Waals surface area contributed by atoms with Crippen LogP contribution in [0.5, 0.6) is 5.75 Å². The molecule has 106 valence electrons. The fourth-order valence-electron chi connectivity index (χ4n) is 2.03. The molecule has 0 aliphatic rings. The first-order valence-corrected chi connectivity index (χ1v) is 6.30. The largest absolute Gasteiger partial charge is 0.508 e. The molecule has 1 unspecified atom stereocenters. The van der Waals surface area contributed by atoms with Crippen molar-refractivity contribution in [3.05, 3.63) is 47.5 Å². The van der Waals surface area contributed by atoms with Crippen LogP contribution >= 0.6 is 0 Å². The summed E-state index contributed by atoms with van der Waals surface area (Å²) in [4.78, 5) is 12.1. The van der Waals surface area contributed by atoms with Gasteiger partial charge in [-0.15, -0.1) is 0 Å². The molecular weight excluding hydrogens is 261 g/mol. The molecule has 0 saturated carbocycles. The molecule has 0 bridgehead atoms. The van der Waals surface area contributed by atoms with Crippen molar-refractivity contribution < 1.29 is 14.3 Å². The molecule has 0 spiro atoms. The smallest absolute Gasteiger partial charge is 0.254 e. The minimum Gasteiger partial charge on any atom is -0.508 e. The van der Waals surface area contributed by atoms with Gasteiger partial charge in [-0.2, -0.15) is 5.10 Å². The van der Waals surface area contributed by atoms with Gasteiger partial charge in [0.1, 0.15) is 11.6 Å². The third kappa shape index (κ3) is 2.79. The molecule has 1 aromatic heterocycles. The normalized spacial score (nSPS) is 12.2. The van der Waals surface area contributed by atoms with E-state index in [-0.39, 0.29) is 17.4 Å². The molecule has 0 aliphatic carbocycles. The highest BCUT2D eigenvalue weighted by molar-refractivity contribution is 5.95. The molecule has 1 aromatic carbocycles. The average Bonchev–Trinajstić information content (AvgIpc) is 2.84. The summed E-state index contributed by atoms with van der Waals surface area (Å²) in [6.45, 7) is 1.91. The van der Waals surface area contributed by atoms with Gasteiger partial charge in [0.15, 0.2) is 0 Å². The van der Waals surface area contributed by atoms with Gasteiger partial charge in [0.05, 0.1) is 17.3 Å². The van der Waals surface area contributed by atoms with Crippen molar-refractivity contribution in [2.24, 2.45) is 7.05 Å². The molecular formula is C14H16FN3O2. The monoisotopic (exact) mass is 277 g/mol. The summed E-state index contributed by atoms with van der Waals surface area (Å²) >= 11 is 0. The number of amides is 1. The van der Waals surface area contributed by atoms with Crippen molar-refractivity contribution >= 4 is 5.91 Å². The summed E-state index contributed by atoms with van der Waals surface area (Å²) in [6.07, 6.45) is 2.28. The van der Waals surface area contributed by atoms with Crippen LogP contribution in [0.1, 0.15) is 35.4 Å². The van der Waals surface area contributed by atoms with Gasteiger partial charge in [0, 0.05) is 13.2 Å². The maximum atomic E-state index is 13.6. The van der Waals surface area contributed by atoms with E-state index in [4.69, 9.17) is 0 Å². The fraction of sp³-hybridized carbons (Fsp3) is 0.286. The van der Waals surface area contributed by atoms with E-state index in [0.29, 0.717) is 6.42 Å². The first kappa shape index (κ1) is 14.0. The summed E-state index contributed by atoms with van der Waals surface area (Å²) in [6, 6.07) is 4.91. The van der Waals surface area contributed by atoms with Crippen molar-refractivity contribution in [3.63, 3.8) is 0 Å². The Morgan fingerprint density at radius 3 is 2.85 bits per heavy atom. The zero-order chi connectivity index (χ0) is 14.7. The Balaban J connectivity index is 2.22. The van der Waals surface area contributed by atoms with Gasteiger partial charge in [0.25, 0.3) is 5.91 Å². The highest BCUT2D eigenvalue weighted by Gasteiger charge is 2.19. The topological polar surface area (TPSA) is 67.2 Å². The first-order valence-electron chi connectivity index (χ1n) is 6.30. The summed E-state index contributed by atoms with van der Waals surface area (Å²) in [5.41, 5.74) is 0.659. The number of nitrogens with zero attached hydrogens (tertiary/aromatic N) is 2. The fourth-order valence-corrected chi connectivity index (χ4v) is 2.03. The van der Waals surface area contributed by atoms with Crippen molar-refractivity contribution in [3.8, 4) is 5.75 Å². The Morgan fingerprint density at radius 2 is 2.25 bits per heavy atom. The number of halogens is 1. The molecule has 1 heterocycles. The number of nitrogens with one attached hydrogen (secondary N) is 1. The summed E-state index contributed by atoms with van der Waals surface area (Å²) in [5, 5.41) is 16.1. The number of aromatic hydroxyl groups is 1. The van der Waals surface area contributed by atoms with Gasteiger partial charge in [-0.25, -0.2) is 4.39 Å². The van der Waals surface area contributed by atoms with Crippen molar-refractivity contribution in [2.75, 3.05) is 0 Å². The molecule has 20 heavy (non-hydrogen) atoms. The van der Waals surface area contributed by atoms with Crippen LogP contribution in [0.2, 0.25) is 0 Å². The Kier molecular flexibility index (Phi) is 4.02. The molecule has 5 nitrogen and oxygen atoms in total. The van der Waals surface area contributed by atoms with E-state index >= 15 is 0 Å². The number of hydrogen-bond acceptors (Lipinski definition) is 3. The number of phenols is 1. The lowest BCUT2D eigenvalue weighted by atomic mass is 10.1. The number of hydrogen-bond donors (Lipinski definition) is 2. The van der Waals surface area contributed by atoms with Crippen LogP contribution in [0.4, 0.5) is 4.39 Å². The number of phenolic OH excluding ortho intramolecular Hbond substituents is 1. The number of carbonyl (C=O) groups excluding carboxylic acids is 1. The van der Waals surface area contributed by atoms with Gasteiger partial charge in [-0.05, 0) is 30.7 Å². The summed E-state index contributed by atoms with van der Waals surface area (Å²) in [7, 11) is 1.78. The van der Waals surface area contributed by atoms with E-state index in [0.717, 1.165) is 17.8 Å².